The van der Waals surface area contributed by atoms with Crippen molar-refractivity contribution in [2.45, 2.75) is 31.7 Å². The smallest absolute Gasteiger partial charge is 0.251 e. The van der Waals surface area contributed by atoms with Gasteiger partial charge in [0.05, 0.1) is 11.4 Å². The molecule has 1 aromatic heterocycles. The Bertz CT molecular complexity index is 913. The monoisotopic (exact) mass is 374 g/mol. The van der Waals surface area contributed by atoms with E-state index < -0.39 is 0 Å². The predicted octanol–water partition coefficient (Wildman–Crippen LogP) is 4.01. The molecule has 5 heteroatoms. The molecule has 0 saturated carbocycles. The van der Waals surface area contributed by atoms with Gasteiger partial charge >= 0.3 is 0 Å². The Balaban J connectivity index is 1.46. The number of benzene rings is 2. The Labute approximate surface area is 165 Å². The zero-order valence-electron chi connectivity index (χ0n) is 15.9. The molecule has 0 bridgehead atoms. The van der Waals surface area contributed by atoms with Crippen LogP contribution in [0, 0.1) is 0 Å². The molecule has 2 aromatic carbocycles. The van der Waals surface area contributed by atoms with Crippen LogP contribution in [-0.2, 0) is 0 Å². The second-order valence-corrected chi connectivity index (χ2v) is 7.27. The van der Waals surface area contributed by atoms with Crippen molar-refractivity contribution in [2.75, 3.05) is 13.1 Å². The molecule has 28 heavy (non-hydrogen) atoms. The highest BCUT2D eigenvalue weighted by Crippen LogP contribution is 2.26. The number of H-pyrrole nitrogens is 1. The molecule has 0 spiro atoms. The number of hydrogen-bond acceptors (Lipinski definition) is 3. The van der Waals surface area contributed by atoms with E-state index in [9.17, 15) is 4.79 Å². The molecule has 3 aromatic rings. The van der Waals surface area contributed by atoms with E-state index >= 15 is 0 Å². The average Bonchev–Trinajstić information content (AvgIpc) is 3.25. The minimum atomic E-state index is -0.0396. The van der Waals surface area contributed by atoms with Crippen LogP contribution in [0.25, 0.3) is 22.5 Å². The van der Waals surface area contributed by atoms with Crippen molar-refractivity contribution in [3.8, 4) is 22.5 Å². The summed E-state index contributed by atoms with van der Waals surface area (Å²) in [7, 11) is 0. The van der Waals surface area contributed by atoms with Crippen LogP contribution in [0.1, 0.15) is 36.0 Å². The molecule has 1 unspecified atom stereocenters. The number of nitrogens with one attached hydrogen (secondary N) is 3. The fourth-order valence-electron chi connectivity index (χ4n) is 3.76. The molecule has 1 aliphatic heterocycles. The number of nitrogens with zero attached hydrogens (tertiary/aromatic N) is 1. The summed E-state index contributed by atoms with van der Waals surface area (Å²) in [4.78, 5) is 12.8. The van der Waals surface area contributed by atoms with Gasteiger partial charge in [-0.25, -0.2) is 0 Å². The topological polar surface area (TPSA) is 69.8 Å². The zero-order chi connectivity index (χ0) is 19.2. The Hall–Kier alpha value is -2.92. The number of piperidine rings is 1. The number of aromatic amines is 1. The molecule has 4 rings (SSSR count). The molecule has 1 amide bonds. The number of aromatic nitrogens is 2. The van der Waals surface area contributed by atoms with E-state index in [0.717, 1.165) is 35.5 Å². The number of hydrogen-bond donors (Lipinski definition) is 3. The molecule has 2 heterocycles. The number of amides is 1. The van der Waals surface area contributed by atoms with Gasteiger partial charge in [-0.3, -0.25) is 9.89 Å². The summed E-state index contributed by atoms with van der Waals surface area (Å²) < 4.78 is 0. The highest BCUT2D eigenvalue weighted by atomic mass is 16.1. The molecule has 1 saturated heterocycles. The van der Waals surface area contributed by atoms with E-state index in [1.165, 1.54) is 19.3 Å². The predicted molar refractivity (Wildman–Crippen MR) is 112 cm³/mol. The number of rotatable bonds is 6. The van der Waals surface area contributed by atoms with Crippen LogP contribution in [0.4, 0.5) is 0 Å². The fraction of sp³-hybridized carbons (Fsp3) is 0.304. The second kappa shape index (κ2) is 8.85. The highest BCUT2D eigenvalue weighted by Gasteiger charge is 2.16. The lowest BCUT2D eigenvalue weighted by Gasteiger charge is -2.23. The van der Waals surface area contributed by atoms with Gasteiger partial charge in [0.1, 0.15) is 0 Å². The van der Waals surface area contributed by atoms with E-state index in [1.807, 2.05) is 60.7 Å². The van der Waals surface area contributed by atoms with Gasteiger partial charge in [0.2, 0.25) is 0 Å². The Morgan fingerprint density at radius 3 is 2.71 bits per heavy atom. The van der Waals surface area contributed by atoms with Crippen LogP contribution in [0.2, 0.25) is 0 Å². The largest absolute Gasteiger partial charge is 0.352 e. The average molecular weight is 374 g/mol. The van der Waals surface area contributed by atoms with Crippen molar-refractivity contribution < 1.29 is 4.79 Å². The van der Waals surface area contributed by atoms with Crippen molar-refractivity contribution in [3.63, 3.8) is 0 Å². The van der Waals surface area contributed by atoms with Crippen LogP contribution in [0.5, 0.6) is 0 Å². The van der Waals surface area contributed by atoms with E-state index in [0.29, 0.717) is 18.2 Å². The van der Waals surface area contributed by atoms with Gasteiger partial charge in [0.25, 0.3) is 5.91 Å². The van der Waals surface area contributed by atoms with Gasteiger partial charge in [0, 0.05) is 29.3 Å². The third-order valence-corrected chi connectivity index (χ3v) is 5.30. The van der Waals surface area contributed by atoms with Crippen molar-refractivity contribution >= 4 is 5.91 Å². The number of carbonyl (C=O) groups is 1. The molecule has 0 aliphatic carbocycles. The van der Waals surface area contributed by atoms with Gasteiger partial charge in [-0.2, -0.15) is 5.10 Å². The van der Waals surface area contributed by atoms with Crippen molar-refractivity contribution in [1.29, 1.82) is 0 Å². The first kappa shape index (κ1) is 18.4. The maximum atomic E-state index is 12.8. The summed E-state index contributed by atoms with van der Waals surface area (Å²) in [6.45, 7) is 1.77. The summed E-state index contributed by atoms with van der Waals surface area (Å²) in [6, 6.07) is 20.2. The van der Waals surface area contributed by atoms with E-state index in [1.54, 1.807) is 0 Å². The first-order chi connectivity index (χ1) is 13.8. The Kier molecular flexibility index (Phi) is 5.83. The SMILES string of the molecule is O=C(NCCC1CCCCN1)c1ccccc1-c1cc(-c2ccccc2)n[nH]1. The maximum absolute atomic E-state index is 12.8. The van der Waals surface area contributed by atoms with Crippen molar-refractivity contribution in [3.05, 3.63) is 66.2 Å². The third kappa shape index (κ3) is 4.31. The summed E-state index contributed by atoms with van der Waals surface area (Å²) in [6.07, 6.45) is 4.70. The van der Waals surface area contributed by atoms with E-state index in [-0.39, 0.29) is 5.91 Å². The summed E-state index contributed by atoms with van der Waals surface area (Å²) in [5, 5.41) is 14.1. The number of carbonyl (C=O) groups excluding carboxylic acids is 1. The van der Waals surface area contributed by atoms with Crippen molar-refractivity contribution in [1.82, 2.24) is 20.8 Å². The molecule has 0 radical (unpaired) electrons. The lowest BCUT2D eigenvalue weighted by molar-refractivity contribution is 0.0952. The summed E-state index contributed by atoms with van der Waals surface area (Å²) >= 11 is 0. The van der Waals surface area contributed by atoms with Gasteiger partial charge in [0.15, 0.2) is 0 Å². The molecule has 1 atom stereocenters. The molecule has 1 fully saturated rings. The lowest BCUT2D eigenvalue weighted by Crippen LogP contribution is -2.37. The van der Waals surface area contributed by atoms with Gasteiger partial charge in [-0.15, -0.1) is 0 Å². The van der Waals surface area contributed by atoms with Gasteiger partial charge in [-0.05, 0) is 37.9 Å². The second-order valence-electron chi connectivity index (χ2n) is 7.27. The zero-order valence-corrected chi connectivity index (χ0v) is 15.9. The summed E-state index contributed by atoms with van der Waals surface area (Å²) in [5.41, 5.74) is 4.30. The van der Waals surface area contributed by atoms with Gasteiger partial charge < -0.3 is 10.6 Å². The van der Waals surface area contributed by atoms with Crippen LogP contribution >= 0.6 is 0 Å². The first-order valence-corrected chi connectivity index (χ1v) is 10.0. The maximum Gasteiger partial charge on any atom is 0.251 e. The van der Waals surface area contributed by atoms with Crippen LogP contribution < -0.4 is 10.6 Å². The fourth-order valence-corrected chi connectivity index (χ4v) is 3.76. The van der Waals surface area contributed by atoms with Crippen molar-refractivity contribution in [2.24, 2.45) is 0 Å². The molecule has 3 N–H and O–H groups in total. The molecule has 1 aliphatic rings. The minimum Gasteiger partial charge on any atom is -0.352 e. The highest BCUT2D eigenvalue weighted by molar-refractivity contribution is 6.00. The quantitative estimate of drug-likeness (QED) is 0.611. The molecular formula is C23H26N4O. The Morgan fingerprint density at radius 2 is 1.89 bits per heavy atom. The standard InChI is InChI=1S/C23H26N4O/c28-23(25-15-13-18-10-6-7-14-24-18)20-12-5-4-11-19(20)22-16-21(26-27-22)17-8-2-1-3-9-17/h1-5,8-9,11-12,16,18,24H,6-7,10,13-15H2,(H,25,28)(H,26,27). The van der Waals surface area contributed by atoms with Crippen LogP contribution in [-0.4, -0.2) is 35.2 Å². The van der Waals surface area contributed by atoms with Crippen LogP contribution in [0.15, 0.2) is 60.7 Å². The minimum absolute atomic E-state index is 0.0396. The first-order valence-electron chi connectivity index (χ1n) is 10.0. The van der Waals surface area contributed by atoms with E-state index in [2.05, 4.69) is 20.8 Å². The molecule has 144 valence electrons. The molecule has 5 nitrogen and oxygen atoms in total. The normalized spacial score (nSPS) is 16.6. The van der Waals surface area contributed by atoms with E-state index in [4.69, 9.17) is 0 Å². The lowest BCUT2D eigenvalue weighted by atomic mass is 10.0. The molecular weight excluding hydrogens is 348 g/mol. The Morgan fingerprint density at radius 1 is 1.07 bits per heavy atom. The third-order valence-electron chi connectivity index (χ3n) is 5.30. The summed E-state index contributed by atoms with van der Waals surface area (Å²) in [5.74, 6) is -0.0396. The van der Waals surface area contributed by atoms with Gasteiger partial charge in [-0.1, -0.05) is 55.0 Å². The van der Waals surface area contributed by atoms with Crippen LogP contribution in [0.3, 0.4) is 0 Å².